The summed E-state index contributed by atoms with van der Waals surface area (Å²) in [5.41, 5.74) is -1.53. The molecule has 0 aromatic rings. The third kappa shape index (κ3) is 3.33. The Morgan fingerprint density at radius 2 is 1.72 bits per heavy atom. The van der Waals surface area contributed by atoms with Gasteiger partial charge >= 0.3 is 5.97 Å². The molecule has 106 valence electrons. The van der Waals surface area contributed by atoms with Crippen LogP contribution in [0.2, 0.25) is 18.1 Å². The Kier molecular flexibility index (Phi) is 4.30. The van der Waals surface area contributed by atoms with Crippen LogP contribution in [-0.2, 0) is 9.22 Å². The van der Waals surface area contributed by atoms with Crippen LogP contribution in [0.4, 0.5) is 0 Å². The summed E-state index contributed by atoms with van der Waals surface area (Å²) in [7, 11) is -1.79. The summed E-state index contributed by atoms with van der Waals surface area (Å²) >= 11 is 0. The smallest absolute Gasteiger partial charge is 0.335 e. The SMILES string of the molecule is CC(C)(C)[Si](C)(C)OC1CCC(O)(C(=O)O)CC1. The average molecular weight is 274 g/mol. The molecule has 4 nitrogen and oxygen atoms in total. The summed E-state index contributed by atoms with van der Waals surface area (Å²) in [6.45, 7) is 11.0. The van der Waals surface area contributed by atoms with E-state index in [4.69, 9.17) is 9.53 Å². The van der Waals surface area contributed by atoms with Crippen molar-refractivity contribution in [2.24, 2.45) is 0 Å². The van der Waals surface area contributed by atoms with Crippen molar-refractivity contribution in [2.75, 3.05) is 0 Å². The normalized spacial score (nSPS) is 30.2. The van der Waals surface area contributed by atoms with E-state index in [9.17, 15) is 9.90 Å². The molecule has 0 aliphatic heterocycles. The zero-order valence-electron chi connectivity index (χ0n) is 12.1. The zero-order valence-corrected chi connectivity index (χ0v) is 13.1. The minimum atomic E-state index is -1.79. The Labute approximate surface area is 110 Å². The standard InChI is InChI=1S/C13H26O4Si/c1-12(2,3)18(4,5)17-10-6-8-13(16,9-7-10)11(14)15/h10,16H,6-9H2,1-5H3,(H,14,15). The second kappa shape index (κ2) is 4.94. The molecule has 0 atom stereocenters. The second-order valence-electron chi connectivity index (χ2n) is 6.91. The highest BCUT2D eigenvalue weighted by atomic mass is 28.4. The van der Waals surface area contributed by atoms with Gasteiger partial charge < -0.3 is 14.6 Å². The maximum absolute atomic E-state index is 10.9. The quantitative estimate of drug-likeness (QED) is 0.777. The molecule has 1 fully saturated rings. The van der Waals surface area contributed by atoms with Crippen LogP contribution < -0.4 is 0 Å². The van der Waals surface area contributed by atoms with Gasteiger partial charge in [0, 0.05) is 6.10 Å². The molecule has 1 rings (SSSR count). The number of carboxylic acid groups (broad SMARTS) is 1. The fourth-order valence-corrected chi connectivity index (χ4v) is 3.42. The summed E-state index contributed by atoms with van der Waals surface area (Å²) in [6, 6.07) is 0. The molecule has 0 radical (unpaired) electrons. The van der Waals surface area contributed by atoms with E-state index in [1.807, 2.05) is 0 Å². The van der Waals surface area contributed by atoms with Crippen molar-refractivity contribution in [2.45, 2.75) is 76.3 Å². The van der Waals surface area contributed by atoms with Gasteiger partial charge in [0.05, 0.1) is 0 Å². The molecule has 0 bridgehead atoms. The minimum Gasteiger partial charge on any atom is -0.479 e. The third-order valence-electron chi connectivity index (χ3n) is 4.43. The molecular formula is C13H26O4Si. The van der Waals surface area contributed by atoms with E-state index in [1.165, 1.54) is 0 Å². The highest BCUT2D eigenvalue weighted by molar-refractivity contribution is 6.74. The molecule has 0 amide bonds. The van der Waals surface area contributed by atoms with Crippen LogP contribution in [0.5, 0.6) is 0 Å². The fourth-order valence-electron chi connectivity index (χ4n) is 1.99. The van der Waals surface area contributed by atoms with Gasteiger partial charge in [-0.15, -0.1) is 0 Å². The first-order valence-corrected chi connectivity index (χ1v) is 9.52. The van der Waals surface area contributed by atoms with E-state index in [-0.39, 0.29) is 11.1 Å². The number of rotatable bonds is 3. The molecule has 18 heavy (non-hydrogen) atoms. The summed E-state index contributed by atoms with van der Waals surface area (Å²) in [5.74, 6) is -1.10. The van der Waals surface area contributed by atoms with E-state index in [0.29, 0.717) is 25.7 Å². The lowest BCUT2D eigenvalue weighted by Crippen LogP contribution is -2.48. The van der Waals surface area contributed by atoms with Gasteiger partial charge in [0.25, 0.3) is 0 Å². The lowest BCUT2D eigenvalue weighted by molar-refractivity contribution is -0.163. The largest absolute Gasteiger partial charge is 0.479 e. The van der Waals surface area contributed by atoms with Gasteiger partial charge in [-0.1, -0.05) is 20.8 Å². The van der Waals surface area contributed by atoms with Crippen molar-refractivity contribution >= 4 is 14.3 Å². The third-order valence-corrected chi connectivity index (χ3v) is 8.96. The van der Waals surface area contributed by atoms with E-state index in [0.717, 1.165) is 0 Å². The Hall–Kier alpha value is -0.393. The first-order valence-electron chi connectivity index (χ1n) is 6.61. The van der Waals surface area contributed by atoms with Gasteiger partial charge in [-0.25, -0.2) is 4.79 Å². The molecule has 1 aliphatic rings. The minimum absolute atomic E-state index is 0.102. The van der Waals surface area contributed by atoms with Crippen LogP contribution in [-0.4, -0.2) is 36.2 Å². The van der Waals surface area contributed by atoms with E-state index in [2.05, 4.69) is 33.9 Å². The van der Waals surface area contributed by atoms with E-state index in [1.54, 1.807) is 0 Å². The zero-order chi connectivity index (χ0) is 14.2. The van der Waals surface area contributed by atoms with Gasteiger partial charge in [-0.05, 0) is 43.8 Å². The summed E-state index contributed by atoms with van der Waals surface area (Å²) in [5, 5.41) is 19.0. The van der Waals surface area contributed by atoms with Gasteiger partial charge in [0.2, 0.25) is 0 Å². The average Bonchev–Trinajstić information content (AvgIpc) is 2.19. The molecule has 2 N–H and O–H groups in total. The molecule has 1 saturated carbocycles. The predicted molar refractivity (Wildman–Crippen MR) is 73.1 cm³/mol. The van der Waals surface area contributed by atoms with E-state index >= 15 is 0 Å². The molecule has 0 heterocycles. The fraction of sp³-hybridized carbons (Fsp3) is 0.923. The first kappa shape index (κ1) is 15.7. The molecule has 5 heteroatoms. The number of hydrogen-bond acceptors (Lipinski definition) is 3. The summed E-state index contributed by atoms with van der Waals surface area (Å²) in [6.07, 6.45) is 1.96. The molecule has 0 aromatic carbocycles. The molecular weight excluding hydrogens is 248 g/mol. The number of carboxylic acids is 1. The van der Waals surface area contributed by atoms with Gasteiger partial charge in [0.1, 0.15) is 0 Å². The Morgan fingerprint density at radius 1 is 1.28 bits per heavy atom. The first-order chi connectivity index (χ1) is 7.98. The van der Waals surface area contributed by atoms with E-state index < -0.39 is 19.9 Å². The van der Waals surface area contributed by atoms with Crippen LogP contribution in [0.1, 0.15) is 46.5 Å². The Morgan fingerprint density at radius 3 is 2.06 bits per heavy atom. The number of aliphatic hydroxyl groups is 1. The Balaban J connectivity index is 2.58. The number of carbonyl (C=O) groups is 1. The van der Waals surface area contributed by atoms with Crippen LogP contribution in [0, 0.1) is 0 Å². The van der Waals surface area contributed by atoms with Crippen LogP contribution in [0.25, 0.3) is 0 Å². The maximum atomic E-state index is 10.9. The lowest BCUT2D eigenvalue weighted by Gasteiger charge is -2.42. The highest BCUT2D eigenvalue weighted by Crippen LogP contribution is 2.40. The topological polar surface area (TPSA) is 66.8 Å². The van der Waals surface area contributed by atoms with Crippen LogP contribution in [0.3, 0.4) is 0 Å². The second-order valence-corrected chi connectivity index (χ2v) is 11.7. The number of hydrogen-bond donors (Lipinski definition) is 2. The molecule has 0 aromatic heterocycles. The van der Waals surface area contributed by atoms with Crippen LogP contribution >= 0.6 is 0 Å². The van der Waals surface area contributed by atoms with Gasteiger partial charge in [0.15, 0.2) is 13.9 Å². The van der Waals surface area contributed by atoms with Crippen LogP contribution in [0.15, 0.2) is 0 Å². The lowest BCUT2D eigenvalue weighted by atomic mass is 9.83. The van der Waals surface area contributed by atoms with Crippen molar-refractivity contribution < 1.29 is 19.4 Å². The monoisotopic (exact) mass is 274 g/mol. The van der Waals surface area contributed by atoms with Crippen molar-refractivity contribution in [1.82, 2.24) is 0 Å². The molecule has 0 saturated heterocycles. The van der Waals surface area contributed by atoms with Gasteiger partial charge in [-0.3, -0.25) is 0 Å². The predicted octanol–water partition coefficient (Wildman–Crippen LogP) is 2.77. The molecule has 1 aliphatic carbocycles. The van der Waals surface area contributed by atoms with Crippen molar-refractivity contribution in [1.29, 1.82) is 0 Å². The highest BCUT2D eigenvalue weighted by Gasteiger charge is 2.44. The van der Waals surface area contributed by atoms with Crippen molar-refractivity contribution in [3.63, 3.8) is 0 Å². The van der Waals surface area contributed by atoms with Gasteiger partial charge in [-0.2, -0.15) is 0 Å². The maximum Gasteiger partial charge on any atom is 0.335 e. The molecule has 0 spiro atoms. The van der Waals surface area contributed by atoms with Crippen molar-refractivity contribution in [3.8, 4) is 0 Å². The molecule has 0 unspecified atom stereocenters. The summed E-state index contributed by atoms with van der Waals surface area (Å²) in [4.78, 5) is 10.9. The Bertz CT molecular complexity index is 311. The summed E-state index contributed by atoms with van der Waals surface area (Å²) < 4.78 is 6.25. The number of aliphatic carboxylic acids is 1. The van der Waals surface area contributed by atoms with Crippen molar-refractivity contribution in [3.05, 3.63) is 0 Å².